The van der Waals surface area contributed by atoms with Crippen molar-refractivity contribution in [1.29, 1.82) is 0 Å². The summed E-state index contributed by atoms with van der Waals surface area (Å²) in [5.74, 6) is -0.0329. The average molecular weight is 289 g/mol. The van der Waals surface area contributed by atoms with Crippen LogP contribution in [0.4, 0.5) is 5.69 Å². The largest absolute Gasteiger partial charge is 0.320 e. The van der Waals surface area contributed by atoms with E-state index in [1.54, 1.807) is 0 Å². The van der Waals surface area contributed by atoms with Crippen LogP contribution in [-0.4, -0.2) is 17.0 Å². The van der Waals surface area contributed by atoms with Gasteiger partial charge in [0.25, 0.3) is 5.91 Å². The van der Waals surface area contributed by atoms with Crippen LogP contribution in [0.5, 0.6) is 0 Å². The molecule has 4 heteroatoms. The van der Waals surface area contributed by atoms with Crippen LogP contribution in [0.25, 0.3) is 16.6 Å². The second kappa shape index (κ2) is 4.21. The van der Waals surface area contributed by atoms with Crippen molar-refractivity contribution in [2.75, 3.05) is 11.9 Å². The molecule has 0 aliphatic carbocycles. The van der Waals surface area contributed by atoms with E-state index in [4.69, 9.17) is 0 Å². The molecule has 0 radical (unpaired) electrons. The molecule has 0 spiro atoms. The van der Waals surface area contributed by atoms with E-state index in [9.17, 15) is 4.79 Å². The number of carbonyl (C=O) groups excluding carboxylic acids is 1. The third kappa shape index (κ3) is 1.42. The molecule has 0 saturated heterocycles. The highest BCUT2D eigenvalue weighted by molar-refractivity contribution is 6.13. The van der Waals surface area contributed by atoms with Crippen LogP contribution in [0.1, 0.15) is 21.6 Å². The van der Waals surface area contributed by atoms with Crippen LogP contribution in [0.2, 0.25) is 0 Å². The average Bonchev–Trinajstić information content (AvgIpc) is 2.83. The first-order valence-electron chi connectivity index (χ1n) is 7.61. The number of anilines is 1. The third-order valence-electron chi connectivity index (χ3n) is 4.68. The molecule has 3 aromatic rings. The highest BCUT2D eigenvalue weighted by atomic mass is 16.1. The molecule has 3 heterocycles. The van der Waals surface area contributed by atoms with Crippen LogP contribution in [-0.2, 0) is 13.0 Å². The minimum Gasteiger partial charge on any atom is -0.320 e. The molecule has 0 atom stereocenters. The molecule has 1 aromatic heterocycles. The SMILES string of the molecule is O=C1Nc2cccc3c4c(n(c23)-c2ccccc21)CCNC4. The number of nitrogens with zero attached hydrogens (tertiary/aromatic N) is 1. The van der Waals surface area contributed by atoms with Crippen molar-refractivity contribution in [1.82, 2.24) is 9.88 Å². The molecule has 2 aliphatic rings. The van der Waals surface area contributed by atoms with E-state index in [1.165, 1.54) is 16.6 Å². The van der Waals surface area contributed by atoms with Crippen molar-refractivity contribution in [3.8, 4) is 5.69 Å². The van der Waals surface area contributed by atoms with Gasteiger partial charge in [0, 0.05) is 30.6 Å². The zero-order valence-corrected chi connectivity index (χ0v) is 12.0. The molecule has 22 heavy (non-hydrogen) atoms. The zero-order valence-electron chi connectivity index (χ0n) is 12.0. The summed E-state index contributed by atoms with van der Waals surface area (Å²) in [6, 6.07) is 14.0. The van der Waals surface area contributed by atoms with E-state index < -0.39 is 0 Å². The number of para-hydroxylation sites is 2. The fourth-order valence-corrected chi connectivity index (χ4v) is 3.75. The van der Waals surface area contributed by atoms with Gasteiger partial charge in [0.05, 0.1) is 22.5 Å². The molecule has 0 fully saturated rings. The first kappa shape index (κ1) is 12.0. The van der Waals surface area contributed by atoms with Crippen molar-refractivity contribution in [2.24, 2.45) is 0 Å². The monoisotopic (exact) mass is 289 g/mol. The fraction of sp³-hybridized carbons (Fsp3) is 0.167. The Morgan fingerprint density at radius 3 is 2.91 bits per heavy atom. The molecular weight excluding hydrogens is 274 g/mol. The number of hydrogen-bond donors (Lipinski definition) is 2. The van der Waals surface area contributed by atoms with Crippen LogP contribution < -0.4 is 10.6 Å². The highest BCUT2D eigenvalue weighted by Gasteiger charge is 2.27. The van der Waals surface area contributed by atoms with Crippen LogP contribution in [0.3, 0.4) is 0 Å². The number of aromatic nitrogens is 1. The molecule has 2 N–H and O–H groups in total. The smallest absolute Gasteiger partial charge is 0.257 e. The van der Waals surface area contributed by atoms with Crippen molar-refractivity contribution >= 4 is 22.5 Å². The highest BCUT2D eigenvalue weighted by Crippen LogP contribution is 2.38. The number of amides is 1. The van der Waals surface area contributed by atoms with E-state index in [1.807, 2.05) is 36.4 Å². The van der Waals surface area contributed by atoms with Gasteiger partial charge in [-0.15, -0.1) is 0 Å². The summed E-state index contributed by atoms with van der Waals surface area (Å²) < 4.78 is 2.29. The van der Waals surface area contributed by atoms with Crippen LogP contribution in [0.15, 0.2) is 42.5 Å². The molecule has 2 aliphatic heterocycles. The summed E-state index contributed by atoms with van der Waals surface area (Å²) in [7, 11) is 0. The Balaban J connectivity index is 2.00. The topological polar surface area (TPSA) is 46.1 Å². The molecule has 0 saturated carbocycles. The van der Waals surface area contributed by atoms with Gasteiger partial charge in [-0.3, -0.25) is 4.79 Å². The van der Waals surface area contributed by atoms with E-state index in [0.717, 1.165) is 42.0 Å². The van der Waals surface area contributed by atoms with Crippen molar-refractivity contribution in [2.45, 2.75) is 13.0 Å². The van der Waals surface area contributed by atoms with E-state index >= 15 is 0 Å². The first-order chi connectivity index (χ1) is 10.8. The van der Waals surface area contributed by atoms with Crippen molar-refractivity contribution in [3.63, 3.8) is 0 Å². The van der Waals surface area contributed by atoms with Gasteiger partial charge in [-0.1, -0.05) is 24.3 Å². The number of carbonyl (C=O) groups is 1. The molecule has 5 rings (SSSR count). The Kier molecular flexibility index (Phi) is 2.30. The second-order valence-electron chi connectivity index (χ2n) is 5.86. The van der Waals surface area contributed by atoms with Crippen molar-refractivity contribution in [3.05, 3.63) is 59.3 Å². The predicted molar refractivity (Wildman–Crippen MR) is 86.6 cm³/mol. The Hall–Kier alpha value is -2.59. The summed E-state index contributed by atoms with van der Waals surface area (Å²) >= 11 is 0. The number of benzene rings is 2. The Bertz CT molecular complexity index is 939. The van der Waals surface area contributed by atoms with Gasteiger partial charge in [0.15, 0.2) is 0 Å². The lowest BCUT2D eigenvalue weighted by atomic mass is 10.1. The summed E-state index contributed by atoms with van der Waals surface area (Å²) in [6.45, 7) is 1.86. The van der Waals surface area contributed by atoms with E-state index in [2.05, 4.69) is 21.3 Å². The van der Waals surface area contributed by atoms with E-state index in [-0.39, 0.29) is 5.91 Å². The van der Waals surface area contributed by atoms with Gasteiger partial charge in [-0.2, -0.15) is 0 Å². The summed E-state index contributed by atoms with van der Waals surface area (Å²) in [5, 5.41) is 7.76. The molecular formula is C18H15N3O. The fourth-order valence-electron chi connectivity index (χ4n) is 3.75. The molecule has 2 aromatic carbocycles. The van der Waals surface area contributed by atoms with Gasteiger partial charge in [-0.25, -0.2) is 0 Å². The van der Waals surface area contributed by atoms with Gasteiger partial charge < -0.3 is 15.2 Å². The minimum atomic E-state index is -0.0329. The van der Waals surface area contributed by atoms with Crippen molar-refractivity contribution < 1.29 is 4.79 Å². The lowest BCUT2D eigenvalue weighted by Crippen LogP contribution is -2.24. The van der Waals surface area contributed by atoms with Gasteiger partial charge in [-0.05, 0) is 23.8 Å². The maximum Gasteiger partial charge on any atom is 0.257 e. The van der Waals surface area contributed by atoms with Gasteiger partial charge in [0.1, 0.15) is 0 Å². The summed E-state index contributed by atoms with van der Waals surface area (Å²) in [5.41, 5.74) is 6.41. The van der Waals surface area contributed by atoms with Crippen LogP contribution in [0, 0.1) is 0 Å². The Morgan fingerprint density at radius 1 is 1.05 bits per heavy atom. The second-order valence-corrected chi connectivity index (χ2v) is 5.86. The number of nitrogens with one attached hydrogen (secondary N) is 2. The van der Waals surface area contributed by atoms with Crippen LogP contribution >= 0.6 is 0 Å². The predicted octanol–water partition coefficient (Wildman–Crippen LogP) is 2.84. The molecule has 0 unspecified atom stereocenters. The maximum atomic E-state index is 12.5. The minimum absolute atomic E-state index is 0.0329. The summed E-state index contributed by atoms with van der Waals surface area (Å²) in [6.07, 6.45) is 0.978. The maximum absolute atomic E-state index is 12.5. The quantitative estimate of drug-likeness (QED) is 0.668. The lowest BCUT2D eigenvalue weighted by Gasteiger charge is -2.17. The molecule has 1 amide bonds. The third-order valence-corrected chi connectivity index (χ3v) is 4.68. The zero-order chi connectivity index (χ0) is 14.7. The number of hydrogen-bond acceptors (Lipinski definition) is 2. The normalized spacial score (nSPS) is 15.9. The lowest BCUT2D eigenvalue weighted by molar-refractivity contribution is 0.102. The van der Waals surface area contributed by atoms with Gasteiger partial charge in [0.2, 0.25) is 0 Å². The molecule has 4 nitrogen and oxygen atoms in total. The molecule has 108 valence electrons. The summed E-state index contributed by atoms with van der Waals surface area (Å²) in [4.78, 5) is 12.5. The standard InChI is InChI=1S/C18H15N3O/c22-18-12-4-1-2-7-15(12)21-16-8-9-19-10-13(16)11-5-3-6-14(20-18)17(11)21/h1-7,19H,8-10H2,(H,20,22). The van der Waals surface area contributed by atoms with E-state index in [0.29, 0.717) is 0 Å². The first-order valence-corrected chi connectivity index (χ1v) is 7.61. The molecule has 0 bridgehead atoms. The number of fused-ring (bicyclic) bond motifs is 5. The van der Waals surface area contributed by atoms with Gasteiger partial charge >= 0.3 is 0 Å². The Labute approximate surface area is 127 Å². The number of rotatable bonds is 0. The Morgan fingerprint density at radius 2 is 1.95 bits per heavy atom.